The van der Waals surface area contributed by atoms with Gasteiger partial charge in [0.25, 0.3) is 18.8 Å². The number of hydrogen-bond donors (Lipinski definition) is 3. The van der Waals surface area contributed by atoms with Crippen LogP contribution in [-0.4, -0.2) is 60.1 Å². The van der Waals surface area contributed by atoms with Gasteiger partial charge in [-0.15, -0.1) is 0 Å². The van der Waals surface area contributed by atoms with Crippen LogP contribution < -0.4 is 5.43 Å². The second-order valence-corrected chi connectivity index (χ2v) is 8.89. The Morgan fingerprint density at radius 2 is 1.69 bits per heavy atom. The van der Waals surface area contributed by atoms with E-state index < -0.39 is 12.3 Å². The molecule has 0 aromatic heterocycles. The molecular weight excluding hydrogens is 587 g/mol. The molecule has 1 unspecified atom stereocenters. The maximum Gasteiger partial charge on any atom is 0.290 e. The molecule has 8 nitrogen and oxygen atoms in total. The molecule has 242 valence electrons. The van der Waals surface area contributed by atoms with Crippen molar-refractivity contribution in [2.24, 2.45) is 5.10 Å². The Balaban J connectivity index is 0.00000220. The fourth-order valence-corrected chi connectivity index (χ4v) is 3.93. The van der Waals surface area contributed by atoms with Gasteiger partial charge in [0, 0.05) is 29.8 Å². The number of para-hydroxylation sites is 1. The molecule has 1 atom stereocenters. The molecular formula is C34H40F3N3O5. The van der Waals surface area contributed by atoms with Gasteiger partial charge in [0.1, 0.15) is 12.0 Å². The lowest BCUT2D eigenvalue weighted by molar-refractivity contribution is -0.123. The van der Waals surface area contributed by atoms with Gasteiger partial charge < -0.3 is 19.9 Å². The zero-order valence-corrected chi connectivity index (χ0v) is 25.9. The van der Waals surface area contributed by atoms with Gasteiger partial charge in [0.2, 0.25) is 0 Å². The number of carboxylic acid groups (broad SMARTS) is 1. The van der Waals surface area contributed by atoms with E-state index in [9.17, 15) is 23.1 Å². The minimum Gasteiger partial charge on any atom is -0.505 e. The Bertz CT molecular complexity index is 1380. The van der Waals surface area contributed by atoms with Crippen LogP contribution in [0.1, 0.15) is 44.2 Å². The number of aromatic hydroxyl groups is 1. The number of halogens is 3. The molecule has 1 aliphatic carbocycles. The second-order valence-electron chi connectivity index (χ2n) is 8.89. The lowest BCUT2D eigenvalue weighted by Gasteiger charge is -2.21. The average Bonchev–Trinajstić information content (AvgIpc) is 3.03. The number of aldehydes is 1. The Labute approximate surface area is 262 Å². The highest BCUT2D eigenvalue weighted by Gasteiger charge is 2.21. The van der Waals surface area contributed by atoms with E-state index in [0.29, 0.717) is 24.1 Å². The van der Waals surface area contributed by atoms with Gasteiger partial charge in [-0.2, -0.15) is 5.10 Å². The Morgan fingerprint density at radius 3 is 2.24 bits per heavy atom. The van der Waals surface area contributed by atoms with Crippen LogP contribution in [0.4, 0.5) is 18.9 Å². The molecule has 3 N–H and O–H groups in total. The van der Waals surface area contributed by atoms with Gasteiger partial charge in [0.15, 0.2) is 5.71 Å². The summed E-state index contributed by atoms with van der Waals surface area (Å²) in [7, 11) is 2.08. The minimum atomic E-state index is -2.55. The molecule has 0 aliphatic heterocycles. The summed E-state index contributed by atoms with van der Waals surface area (Å²) in [6, 6.07) is 14.4. The highest BCUT2D eigenvalue weighted by atomic mass is 19.3. The van der Waals surface area contributed by atoms with E-state index in [0.717, 1.165) is 24.3 Å². The van der Waals surface area contributed by atoms with Crippen LogP contribution in [0.25, 0.3) is 0 Å². The number of hydrazone groups is 1. The van der Waals surface area contributed by atoms with Crippen molar-refractivity contribution in [2.45, 2.75) is 39.5 Å². The largest absolute Gasteiger partial charge is 0.505 e. The first-order valence-corrected chi connectivity index (χ1v) is 13.6. The van der Waals surface area contributed by atoms with Crippen molar-refractivity contribution >= 4 is 30.1 Å². The van der Waals surface area contributed by atoms with E-state index in [-0.39, 0.29) is 23.9 Å². The van der Waals surface area contributed by atoms with Crippen LogP contribution in [0.5, 0.6) is 5.75 Å². The molecule has 1 aliphatic rings. The van der Waals surface area contributed by atoms with E-state index in [1.54, 1.807) is 56.5 Å². The van der Waals surface area contributed by atoms with Crippen molar-refractivity contribution in [1.29, 1.82) is 0 Å². The van der Waals surface area contributed by atoms with Gasteiger partial charge in [-0.05, 0) is 45.4 Å². The molecule has 0 saturated heterocycles. The number of nitrogens with zero attached hydrogens (tertiary/aromatic N) is 2. The quantitative estimate of drug-likeness (QED) is 0.0875. The Morgan fingerprint density at radius 1 is 1.07 bits per heavy atom. The number of amides is 1. The number of benzene rings is 2. The molecule has 3 rings (SSSR count). The smallest absolute Gasteiger partial charge is 0.290 e. The average molecular weight is 628 g/mol. The number of phenolic OH excluding ortho intramolecular Hbond substituents is 1. The number of alkyl halides is 3. The van der Waals surface area contributed by atoms with Gasteiger partial charge >= 0.3 is 0 Å². The fourth-order valence-electron chi connectivity index (χ4n) is 3.93. The van der Waals surface area contributed by atoms with Gasteiger partial charge in [0.05, 0.1) is 12.9 Å². The summed E-state index contributed by atoms with van der Waals surface area (Å²) in [4.78, 5) is 32.1. The summed E-state index contributed by atoms with van der Waals surface area (Å²) in [5.74, 6) is -0.298. The van der Waals surface area contributed by atoms with Crippen molar-refractivity contribution < 1.29 is 37.8 Å². The number of hydrogen-bond acceptors (Lipinski definition) is 6. The van der Waals surface area contributed by atoms with Crippen LogP contribution >= 0.6 is 0 Å². The first kappa shape index (κ1) is 39.8. The molecule has 0 radical (unpaired) electrons. The third-order valence-corrected chi connectivity index (χ3v) is 5.89. The van der Waals surface area contributed by atoms with Crippen molar-refractivity contribution in [2.75, 3.05) is 19.7 Å². The molecule has 11 heteroatoms. The van der Waals surface area contributed by atoms with Crippen LogP contribution in [0.2, 0.25) is 0 Å². The summed E-state index contributed by atoms with van der Waals surface area (Å²) in [5.41, 5.74) is 6.46. The summed E-state index contributed by atoms with van der Waals surface area (Å²) in [6.07, 6.45) is 11.8. The minimum absolute atomic E-state index is 0.0419. The molecule has 2 aromatic carbocycles. The van der Waals surface area contributed by atoms with Gasteiger partial charge in [-0.3, -0.25) is 19.4 Å². The Kier molecular flexibility index (Phi) is 20.6. The molecule has 0 heterocycles. The van der Waals surface area contributed by atoms with E-state index in [1.165, 1.54) is 29.5 Å². The highest BCUT2D eigenvalue weighted by molar-refractivity contribution is 6.45. The van der Waals surface area contributed by atoms with Crippen molar-refractivity contribution in [3.63, 3.8) is 0 Å². The van der Waals surface area contributed by atoms with Crippen molar-refractivity contribution in [1.82, 2.24) is 4.90 Å². The predicted molar refractivity (Wildman–Crippen MR) is 173 cm³/mol. The van der Waals surface area contributed by atoms with Crippen LogP contribution in [-0.2, 0) is 14.4 Å². The number of carbonyl (C=O) groups is 3. The highest BCUT2D eigenvalue weighted by Crippen LogP contribution is 2.37. The standard InChI is InChI=1S/C30H31F2N3O2.C2H4O.CH3F.CH2O2/c1-4-24(16-8-9-19-27(31)32)35(3)30(37)28(22-13-6-5-7-14-22)34-33-26-18-11-17-25(29(26)36)23-15-10-12-21(2)20-23;1-2-3;1-2;2-1-3/h4-19,23,27,33,36H,20H2,1-3H3;2H,1H3;1H3;1H,(H,2,3)/b16-8-,19-9+,24-4+,34-28-;;;. The molecule has 0 fully saturated rings. The monoisotopic (exact) mass is 627 g/mol. The maximum absolute atomic E-state index is 13.5. The SMILES string of the molecule is CC=O.CF.C\C=C(/C=C\C=C\C(F)F)N(C)C(=O)/C(=N\Nc1cccc(C2C=CC=C(C)C2)c1O)c1ccccc1.O=CO. The number of phenols is 1. The van der Waals surface area contributed by atoms with Crippen LogP contribution in [0.3, 0.4) is 0 Å². The topological polar surface area (TPSA) is 119 Å². The molecule has 0 saturated carbocycles. The van der Waals surface area contributed by atoms with E-state index in [4.69, 9.17) is 14.7 Å². The molecule has 2 aromatic rings. The first-order chi connectivity index (χ1) is 21.6. The normalized spacial score (nSPS) is 14.2. The third kappa shape index (κ3) is 14.2. The van der Waals surface area contributed by atoms with E-state index >= 15 is 0 Å². The van der Waals surface area contributed by atoms with Crippen molar-refractivity contribution in [3.05, 3.63) is 120 Å². The first-order valence-electron chi connectivity index (χ1n) is 13.6. The number of likely N-dealkylation sites (N-methyl/N-ethyl adjacent to an activating group) is 1. The number of carbonyl (C=O) groups excluding carboxylic acids is 2. The molecule has 0 bridgehead atoms. The van der Waals surface area contributed by atoms with Crippen molar-refractivity contribution in [3.8, 4) is 5.75 Å². The van der Waals surface area contributed by atoms with Gasteiger partial charge in [-0.25, -0.2) is 8.78 Å². The zero-order chi connectivity index (χ0) is 34.2. The predicted octanol–water partition coefficient (Wildman–Crippen LogP) is 7.43. The maximum atomic E-state index is 13.5. The van der Waals surface area contributed by atoms with E-state index in [2.05, 4.69) is 23.5 Å². The van der Waals surface area contributed by atoms with E-state index in [1.807, 2.05) is 30.4 Å². The number of anilines is 1. The second kappa shape index (κ2) is 23.3. The lowest BCUT2D eigenvalue weighted by atomic mass is 9.88. The molecule has 0 spiro atoms. The number of nitrogens with one attached hydrogen (secondary N) is 1. The number of rotatable bonds is 9. The summed E-state index contributed by atoms with van der Waals surface area (Å²) in [6.45, 7) is 5.00. The molecule has 1 amide bonds. The lowest BCUT2D eigenvalue weighted by Crippen LogP contribution is -2.33. The van der Waals surface area contributed by atoms with Crippen LogP contribution in [0, 0.1) is 0 Å². The molecule has 45 heavy (non-hydrogen) atoms. The number of allylic oxidation sites excluding steroid dienone is 9. The van der Waals surface area contributed by atoms with Gasteiger partial charge in [-0.1, -0.05) is 84.5 Å². The summed E-state index contributed by atoms with van der Waals surface area (Å²) < 4.78 is 34.3. The fraction of sp³-hybridized carbons (Fsp3) is 0.235. The Hall–Kier alpha value is -5.19. The summed E-state index contributed by atoms with van der Waals surface area (Å²) >= 11 is 0. The zero-order valence-electron chi connectivity index (χ0n) is 25.9. The summed E-state index contributed by atoms with van der Waals surface area (Å²) in [5, 5.41) is 22.3. The third-order valence-electron chi connectivity index (χ3n) is 5.89. The van der Waals surface area contributed by atoms with Crippen LogP contribution in [0.15, 0.2) is 114 Å².